The van der Waals surface area contributed by atoms with Gasteiger partial charge in [-0.15, -0.1) is 5.92 Å². The van der Waals surface area contributed by atoms with Crippen LogP contribution in [0.3, 0.4) is 0 Å². The van der Waals surface area contributed by atoms with Gasteiger partial charge in [0.15, 0.2) is 0 Å². The standard InChI is InChI=1S/C18H35NO2/c1-2-3-4-5-6-7-8-9-10-11-12-13-14-15-18(21)17(19)16-20/h17-18,20-21H,2-13,16,19H2,1H3/t17-,18-/m1/s1. The maximum atomic E-state index is 9.44. The summed E-state index contributed by atoms with van der Waals surface area (Å²) in [5.74, 6) is 5.63. The second-order valence-electron chi connectivity index (χ2n) is 5.90. The summed E-state index contributed by atoms with van der Waals surface area (Å²) < 4.78 is 0. The maximum Gasteiger partial charge on any atom is 0.131 e. The van der Waals surface area contributed by atoms with Gasteiger partial charge in [0.05, 0.1) is 12.6 Å². The number of aliphatic hydroxyl groups excluding tert-OH is 2. The van der Waals surface area contributed by atoms with Gasteiger partial charge in [-0.25, -0.2) is 0 Å². The fourth-order valence-corrected chi connectivity index (χ4v) is 2.26. The second-order valence-corrected chi connectivity index (χ2v) is 5.90. The number of hydrogen-bond acceptors (Lipinski definition) is 3. The van der Waals surface area contributed by atoms with Gasteiger partial charge in [-0.3, -0.25) is 0 Å². The Morgan fingerprint density at radius 3 is 1.81 bits per heavy atom. The lowest BCUT2D eigenvalue weighted by Gasteiger charge is -2.09. The molecule has 0 heterocycles. The van der Waals surface area contributed by atoms with Crippen LogP contribution in [-0.2, 0) is 0 Å². The van der Waals surface area contributed by atoms with Crippen LogP contribution >= 0.6 is 0 Å². The summed E-state index contributed by atoms with van der Waals surface area (Å²) >= 11 is 0. The molecular formula is C18H35NO2. The quantitative estimate of drug-likeness (QED) is 0.361. The number of nitrogens with two attached hydrogens (primary N) is 1. The van der Waals surface area contributed by atoms with E-state index >= 15 is 0 Å². The first-order chi connectivity index (χ1) is 10.2. The average Bonchev–Trinajstić information content (AvgIpc) is 2.50. The van der Waals surface area contributed by atoms with Crippen LogP contribution in [0.2, 0.25) is 0 Å². The van der Waals surface area contributed by atoms with Gasteiger partial charge in [-0.2, -0.15) is 0 Å². The topological polar surface area (TPSA) is 66.5 Å². The molecule has 3 heteroatoms. The van der Waals surface area contributed by atoms with E-state index in [4.69, 9.17) is 10.8 Å². The molecule has 0 unspecified atom stereocenters. The van der Waals surface area contributed by atoms with Crippen molar-refractivity contribution < 1.29 is 10.2 Å². The minimum atomic E-state index is -0.900. The third kappa shape index (κ3) is 14.2. The van der Waals surface area contributed by atoms with Crippen molar-refractivity contribution in [3.63, 3.8) is 0 Å². The van der Waals surface area contributed by atoms with E-state index in [1.54, 1.807) is 0 Å². The van der Waals surface area contributed by atoms with Crippen LogP contribution in [0.25, 0.3) is 0 Å². The highest BCUT2D eigenvalue weighted by atomic mass is 16.3. The molecule has 0 aliphatic carbocycles. The molecule has 0 saturated carbocycles. The maximum absolute atomic E-state index is 9.44. The van der Waals surface area contributed by atoms with E-state index in [1.165, 1.54) is 64.2 Å². The van der Waals surface area contributed by atoms with Crippen LogP contribution in [0.4, 0.5) is 0 Å². The van der Waals surface area contributed by atoms with Crippen molar-refractivity contribution >= 4 is 0 Å². The van der Waals surface area contributed by atoms with Crippen LogP contribution in [0.5, 0.6) is 0 Å². The third-order valence-corrected chi connectivity index (χ3v) is 3.77. The molecule has 0 aromatic carbocycles. The molecule has 21 heavy (non-hydrogen) atoms. The molecule has 0 rings (SSSR count). The van der Waals surface area contributed by atoms with E-state index < -0.39 is 12.1 Å². The van der Waals surface area contributed by atoms with Crippen molar-refractivity contribution in [2.75, 3.05) is 6.61 Å². The molecule has 0 bridgehead atoms. The van der Waals surface area contributed by atoms with E-state index in [1.807, 2.05) is 0 Å². The number of unbranched alkanes of at least 4 members (excludes halogenated alkanes) is 11. The van der Waals surface area contributed by atoms with Crippen LogP contribution in [0, 0.1) is 11.8 Å². The Morgan fingerprint density at radius 1 is 0.857 bits per heavy atom. The Hall–Kier alpha value is -0.560. The van der Waals surface area contributed by atoms with E-state index in [0.29, 0.717) is 0 Å². The van der Waals surface area contributed by atoms with Crippen LogP contribution in [-0.4, -0.2) is 29.0 Å². The third-order valence-electron chi connectivity index (χ3n) is 3.77. The minimum absolute atomic E-state index is 0.228. The zero-order valence-electron chi connectivity index (χ0n) is 13.8. The van der Waals surface area contributed by atoms with Gasteiger partial charge < -0.3 is 15.9 Å². The Morgan fingerprint density at radius 2 is 1.33 bits per heavy atom. The van der Waals surface area contributed by atoms with Gasteiger partial charge in [0.2, 0.25) is 0 Å². The normalized spacial score (nSPS) is 13.5. The van der Waals surface area contributed by atoms with Crippen molar-refractivity contribution in [3.8, 4) is 11.8 Å². The van der Waals surface area contributed by atoms with Gasteiger partial charge >= 0.3 is 0 Å². The molecule has 3 nitrogen and oxygen atoms in total. The largest absolute Gasteiger partial charge is 0.395 e. The van der Waals surface area contributed by atoms with E-state index in [0.717, 1.165) is 12.8 Å². The van der Waals surface area contributed by atoms with Gasteiger partial charge in [0.1, 0.15) is 6.10 Å². The van der Waals surface area contributed by atoms with E-state index in [2.05, 4.69) is 18.8 Å². The van der Waals surface area contributed by atoms with E-state index in [-0.39, 0.29) is 6.61 Å². The zero-order chi connectivity index (χ0) is 15.8. The fraction of sp³-hybridized carbons (Fsp3) is 0.889. The zero-order valence-corrected chi connectivity index (χ0v) is 13.8. The van der Waals surface area contributed by atoms with Gasteiger partial charge in [0.25, 0.3) is 0 Å². The van der Waals surface area contributed by atoms with E-state index in [9.17, 15) is 5.11 Å². The highest BCUT2D eigenvalue weighted by molar-refractivity contribution is 5.07. The molecule has 2 atom stereocenters. The highest BCUT2D eigenvalue weighted by Crippen LogP contribution is 2.11. The number of aliphatic hydroxyl groups is 2. The molecular weight excluding hydrogens is 262 g/mol. The molecule has 0 aromatic heterocycles. The second kappa shape index (κ2) is 15.8. The summed E-state index contributed by atoms with van der Waals surface area (Å²) in [5, 5.41) is 18.2. The van der Waals surface area contributed by atoms with Crippen molar-refractivity contribution in [2.24, 2.45) is 5.73 Å². The monoisotopic (exact) mass is 297 g/mol. The summed E-state index contributed by atoms with van der Waals surface area (Å²) in [4.78, 5) is 0. The van der Waals surface area contributed by atoms with Crippen LogP contribution < -0.4 is 5.73 Å². The molecule has 0 aliphatic rings. The predicted molar refractivity (Wildman–Crippen MR) is 89.9 cm³/mol. The van der Waals surface area contributed by atoms with Gasteiger partial charge in [0, 0.05) is 6.42 Å². The number of rotatable bonds is 13. The molecule has 0 fully saturated rings. The summed E-state index contributed by atoms with van der Waals surface area (Å²) in [5.41, 5.74) is 5.46. The summed E-state index contributed by atoms with van der Waals surface area (Å²) in [7, 11) is 0. The molecule has 0 aromatic rings. The molecule has 4 N–H and O–H groups in total. The molecule has 124 valence electrons. The first-order valence-corrected chi connectivity index (χ1v) is 8.75. The highest BCUT2D eigenvalue weighted by Gasteiger charge is 2.09. The molecule has 0 spiro atoms. The first-order valence-electron chi connectivity index (χ1n) is 8.75. The summed E-state index contributed by atoms with van der Waals surface area (Å²) in [6, 6.07) is -0.644. The lowest BCUT2D eigenvalue weighted by atomic mass is 10.1. The van der Waals surface area contributed by atoms with Crippen molar-refractivity contribution in [1.82, 2.24) is 0 Å². The molecule has 0 amide bonds. The van der Waals surface area contributed by atoms with Crippen molar-refractivity contribution in [1.29, 1.82) is 0 Å². The van der Waals surface area contributed by atoms with Gasteiger partial charge in [-0.1, -0.05) is 77.1 Å². The smallest absolute Gasteiger partial charge is 0.131 e. The number of hydrogen-bond donors (Lipinski definition) is 3. The van der Waals surface area contributed by atoms with Crippen LogP contribution in [0.15, 0.2) is 0 Å². The SMILES string of the molecule is CCCCCCCCCCCCCC#C[C@@H](O)[C@H](N)CO. The lowest BCUT2D eigenvalue weighted by molar-refractivity contribution is 0.150. The van der Waals surface area contributed by atoms with Crippen molar-refractivity contribution in [3.05, 3.63) is 0 Å². The first kappa shape index (κ1) is 20.4. The average molecular weight is 297 g/mol. The molecule has 0 saturated heterocycles. The fourth-order valence-electron chi connectivity index (χ4n) is 2.26. The minimum Gasteiger partial charge on any atom is -0.395 e. The predicted octanol–water partition coefficient (Wildman–Crippen LogP) is 3.37. The van der Waals surface area contributed by atoms with Crippen LogP contribution in [0.1, 0.15) is 84.0 Å². The Bertz CT molecular complexity index is 270. The molecule has 0 radical (unpaired) electrons. The summed E-state index contributed by atoms with van der Waals surface area (Å²) in [6.07, 6.45) is 14.5. The van der Waals surface area contributed by atoms with Crippen molar-refractivity contribution in [2.45, 2.75) is 96.1 Å². The molecule has 0 aliphatic heterocycles. The Kier molecular flexibility index (Phi) is 15.4. The Labute approximate surface area is 131 Å². The lowest BCUT2D eigenvalue weighted by Crippen LogP contribution is -2.36. The van der Waals surface area contributed by atoms with Gasteiger partial charge in [-0.05, 0) is 6.42 Å². The Balaban J connectivity index is 3.24. The summed E-state index contributed by atoms with van der Waals surface area (Å²) in [6.45, 7) is 2.03.